The molecule has 0 fully saturated rings. The number of benzene rings is 2. The summed E-state index contributed by atoms with van der Waals surface area (Å²) in [7, 11) is 0. The van der Waals surface area contributed by atoms with Gasteiger partial charge in [-0.1, -0.05) is 48.5 Å². The van der Waals surface area contributed by atoms with Crippen molar-refractivity contribution >= 4 is 0 Å². The van der Waals surface area contributed by atoms with Crippen LogP contribution >= 0.6 is 0 Å². The van der Waals surface area contributed by atoms with E-state index in [-0.39, 0.29) is 11.1 Å². The highest BCUT2D eigenvalue weighted by atomic mass is 14.7. The summed E-state index contributed by atoms with van der Waals surface area (Å²) in [6, 6.07) is 18.7. The molecule has 1 aromatic heterocycles. The highest BCUT2D eigenvalue weighted by molar-refractivity contribution is 5.71. The van der Waals surface area contributed by atoms with Crippen LogP contribution in [0.2, 0.25) is 0 Å². The zero-order chi connectivity index (χ0) is 18.9. The molecule has 0 unspecified atom stereocenters. The molecule has 3 aromatic rings. The molecule has 2 aromatic carbocycles. The molecule has 0 aliphatic carbocycles. The van der Waals surface area contributed by atoms with Crippen LogP contribution in [0.4, 0.5) is 0 Å². The second kappa shape index (κ2) is 5.30. The maximum Gasteiger partial charge on any atom is 0.0705 e. The van der Waals surface area contributed by atoms with Gasteiger partial charge in [0.15, 0.2) is 0 Å². The van der Waals surface area contributed by atoms with Crippen LogP contribution in [-0.4, -0.2) is 4.98 Å². The van der Waals surface area contributed by atoms with E-state index < -0.39 is 13.7 Å². The van der Waals surface area contributed by atoms with Crippen molar-refractivity contribution < 1.29 is 8.22 Å². The molecule has 0 atom stereocenters. The van der Waals surface area contributed by atoms with Gasteiger partial charge in [0, 0.05) is 20.0 Å². The summed E-state index contributed by atoms with van der Waals surface area (Å²) in [6.45, 7) is -5.06. The Labute approximate surface area is 128 Å². The molecular weight excluding hydrogens is 242 g/mol. The Morgan fingerprint density at radius 3 is 2.30 bits per heavy atom. The molecular formula is C19H17N. The average molecular weight is 265 g/mol. The van der Waals surface area contributed by atoms with E-state index >= 15 is 0 Å². The summed E-state index contributed by atoms with van der Waals surface area (Å²) in [6.07, 6.45) is 1.15. The fourth-order valence-electron chi connectivity index (χ4n) is 2.10. The van der Waals surface area contributed by atoms with Gasteiger partial charge >= 0.3 is 0 Å². The Morgan fingerprint density at radius 2 is 1.50 bits per heavy atom. The van der Waals surface area contributed by atoms with Crippen molar-refractivity contribution in [1.29, 1.82) is 0 Å². The van der Waals surface area contributed by atoms with Crippen LogP contribution in [0, 0.1) is 13.7 Å². The first-order chi connectivity index (χ1) is 12.2. The van der Waals surface area contributed by atoms with Gasteiger partial charge in [-0.3, -0.25) is 4.98 Å². The van der Waals surface area contributed by atoms with Gasteiger partial charge in [0.1, 0.15) is 0 Å². The lowest BCUT2D eigenvalue weighted by molar-refractivity contribution is 1.22. The predicted molar refractivity (Wildman–Crippen MR) is 84.6 cm³/mol. The molecule has 1 nitrogen and oxygen atoms in total. The number of aryl methyl sites for hydroxylation is 2. The van der Waals surface area contributed by atoms with Crippen molar-refractivity contribution in [2.45, 2.75) is 13.7 Å². The van der Waals surface area contributed by atoms with E-state index in [1.807, 2.05) is 54.6 Å². The molecule has 0 radical (unpaired) electrons. The number of aromatic nitrogens is 1. The van der Waals surface area contributed by atoms with E-state index in [4.69, 9.17) is 8.22 Å². The van der Waals surface area contributed by atoms with Crippen molar-refractivity contribution in [3.63, 3.8) is 0 Å². The molecule has 0 aliphatic rings. The standard InChI is InChI=1S/C19H17N/c1-14-11-19(20-13-15(14)2)18-10-6-9-17(12-18)16-7-4-3-5-8-16/h3-13H,1-2H3/i1D3,2D3. The number of hydrogen-bond acceptors (Lipinski definition) is 1. The smallest absolute Gasteiger partial charge is 0.0705 e. The Kier molecular flexibility index (Phi) is 1.96. The molecule has 1 heterocycles. The largest absolute Gasteiger partial charge is 0.256 e. The third-order valence-electron chi connectivity index (χ3n) is 3.17. The zero-order valence-corrected chi connectivity index (χ0v) is 10.8. The first-order valence-electron chi connectivity index (χ1n) is 9.33. The normalized spacial score (nSPS) is 16.2. The molecule has 98 valence electrons. The maximum atomic E-state index is 7.69. The van der Waals surface area contributed by atoms with Crippen LogP contribution in [-0.2, 0) is 0 Å². The molecule has 0 spiro atoms. The number of rotatable bonds is 2. The van der Waals surface area contributed by atoms with E-state index in [9.17, 15) is 0 Å². The van der Waals surface area contributed by atoms with E-state index in [0.29, 0.717) is 5.69 Å². The van der Waals surface area contributed by atoms with Crippen molar-refractivity contribution in [1.82, 2.24) is 4.98 Å². The minimum atomic E-state index is -2.53. The molecule has 0 amide bonds. The molecule has 20 heavy (non-hydrogen) atoms. The first-order valence-corrected chi connectivity index (χ1v) is 6.33. The minimum absolute atomic E-state index is 0.187. The predicted octanol–water partition coefficient (Wildman–Crippen LogP) is 5.03. The van der Waals surface area contributed by atoms with E-state index in [2.05, 4.69) is 4.98 Å². The average Bonchev–Trinajstić information content (AvgIpc) is 2.60. The molecule has 0 aliphatic heterocycles. The topological polar surface area (TPSA) is 12.9 Å². The molecule has 0 saturated carbocycles. The van der Waals surface area contributed by atoms with Gasteiger partial charge in [-0.2, -0.15) is 0 Å². The third kappa shape index (κ3) is 2.48. The molecule has 0 N–H and O–H groups in total. The summed E-state index contributed by atoms with van der Waals surface area (Å²) in [4.78, 5) is 4.21. The van der Waals surface area contributed by atoms with E-state index in [1.165, 1.54) is 6.07 Å². The first kappa shape index (κ1) is 7.39. The number of pyridine rings is 1. The Hall–Kier alpha value is -2.41. The second-order valence-electron chi connectivity index (χ2n) is 4.56. The Morgan fingerprint density at radius 1 is 0.750 bits per heavy atom. The fraction of sp³-hybridized carbons (Fsp3) is 0.105. The van der Waals surface area contributed by atoms with Crippen LogP contribution in [0.25, 0.3) is 22.4 Å². The molecule has 0 bridgehead atoms. The monoisotopic (exact) mass is 265 g/mol. The van der Waals surface area contributed by atoms with Crippen LogP contribution in [0.3, 0.4) is 0 Å². The number of nitrogens with zero attached hydrogens (tertiary/aromatic N) is 1. The number of hydrogen-bond donors (Lipinski definition) is 0. The van der Waals surface area contributed by atoms with Crippen molar-refractivity contribution in [3.8, 4) is 22.4 Å². The zero-order valence-electron chi connectivity index (χ0n) is 16.8. The summed E-state index contributed by atoms with van der Waals surface area (Å²) < 4.78 is 45.7. The van der Waals surface area contributed by atoms with Gasteiger partial charge in [-0.15, -0.1) is 0 Å². The Bertz CT molecular complexity index is 913. The third-order valence-corrected chi connectivity index (χ3v) is 3.17. The minimum Gasteiger partial charge on any atom is -0.256 e. The maximum absolute atomic E-state index is 7.69. The Balaban J connectivity index is 2.11. The highest BCUT2D eigenvalue weighted by Gasteiger charge is 2.03. The van der Waals surface area contributed by atoms with Crippen LogP contribution in [0.15, 0.2) is 66.9 Å². The second-order valence-corrected chi connectivity index (χ2v) is 4.56. The van der Waals surface area contributed by atoms with Gasteiger partial charge in [-0.25, -0.2) is 0 Å². The van der Waals surface area contributed by atoms with Gasteiger partial charge < -0.3 is 0 Å². The van der Waals surface area contributed by atoms with Gasteiger partial charge in [0.05, 0.1) is 5.69 Å². The summed E-state index contributed by atoms with van der Waals surface area (Å²) in [5.74, 6) is 0. The molecule has 1 heteroatoms. The van der Waals surface area contributed by atoms with Crippen LogP contribution in [0.5, 0.6) is 0 Å². The quantitative estimate of drug-likeness (QED) is 0.633. The highest BCUT2D eigenvalue weighted by Crippen LogP contribution is 2.25. The molecule has 3 rings (SSSR count). The van der Waals surface area contributed by atoms with Gasteiger partial charge in [0.2, 0.25) is 0 Å². The van der Waals surface area contributed by atoms with Crippen molar-refractivity contribution in [2.24, 2.45) is 0 Å². The van der Waals surface area contributed by atoms with Crippen LogP contribution < -0.4 is 0 Å². The summed E-state index contributed by atoms with van der Waals surface area (Å²) in [5, 5.41) is 0. The summed E-state index contributed by atoms with van der Waals surface area (Å²) in [5.41, 5.74) is 2.74. The van der Waals surface area contributed by atoms with Crippen molar-refractivity contribution in [2.75, 3.05) is 0 Å². The van der Waals surface area contributed by atoms with Crippen molar-refractivity contribution in [3.05, 3.63) is 78.0 Å². The lowest BCUT2D eigenvalue weighted by Crippen LogP contribution is -1.88. The summed E-state index contributed by atoms with van der Waals surface area (Å²) >= 11 is 0. The van der Waals surface area contributed by atoms with E-state index in [0.717, 1.165) is 22.9 Å². The fourth-order valence-corrected chi connectivity index (χ4v) is 2.10. The van der Waals surface area contributed by atoms with Crippen LogP contribution in [0.1, 0.15) is 19.4 Å². The van der Waals surface area contributed by atoms with Gasteiger partial charge in [0.25, 0.3) is 0 Å². The lowest BCUT2D eigenvalue weighted by Gasteiger charge is -2.07. The molecule has 0 saturated heterocycles. The van der Waals surface area contributed by atoms with E-state index in [1.54, 1.807) is 0 Å². The lowest BCUT2D eigenvalue weighted by atomic mass is 10.0. The SMILES string of the molecule is [2H]C([2H])([2H])c1cnc(-c2cccc(-c3ccccc3)c2)cc1C([2H])([2H])[2H]. The van der Waals surface area contributed by atoms with Gasteiger partial charge in [-0.05, 0) is 48.1 Å².